The molecule has 9 heteroatoms. The van der Waals surface area contributed by atoms with Crippen LogP contribution in [0.4, 0.5) is 5.69 Å². The average molecular weight is 403 g/mol. The summed E-state index contributed by atoms with van der Waals surface area (Å²) in [5.74, 6) is -0.549. The number of nitrogens with zero attached hydrogens (tertiary/aromatic N) is 1. The van der Waals surface area contributed by atoms with Crippen LogP contribution in [0.1, 0.15) is 22.2 Å². The molecule has 2 aromatic heterocycles. The third kappa shape index (κ3) is 4.75. The van der Waals surface area contributed by atoms with Crippen molar-refractivity contribution >= 4 is 50.9 Å². The van der Waals surface area contributed by atoms with Gasteiger partial charge in [-0.2, -0.15) is 0 Å². The summed E-state index contributed by atoms with van der Waals surface area (Å²) in [5, 5.41) is 3.70. The number of esters is 1. The Morgan fingerprint density at radius 1 is 1.30 bits per heavy atom. The predicted octanol–water partition coefficient (Wildman–Crippen LogP) is 3.20. The van der Waals surface area contributed by atoms with Crippen LogP contribution in [-0.2, 0) is 9.53 Å². The number of nitrogens with one attached hydrogen (secondary N) is 2. The zero-order chi connectivity index (χ0) is 19.4. The summed E-state index contributed by atoms with van der Waals surface area (Å²) in [5.41, 5.74) is 0.784. The maximum atomic E-state index is 12.1. The van der Waals surface area contributed by atoms with Crippen LogP contribution in [0, 0.1) is 6.92 Å². The number of carbonyl (C=O) groups is 2. The number of fused-ring (bicyclic) bond motifs is 1. The van der Waals surface area contributed by atoms with Gasteiger partial charge in [-0.3, -0.25) is 9.59 Å². The molecular formula is C18H17N3O4S2. The van der Waals surface area contributed by atoms with Gasteiger partial charge in [0.05, 0.1) is 23.3 Å². The molecule has 0 aliphatic heterocycles. The number of hydrogen-bond acceptors (Lipinski definition) is 7. The van der Waals surface area contributed by atoms with Crippen LogP contribution in [0.3, 0.4) is 0 Å². The molecule has 27 heavy (non-hydrogen) atoms. The van der Waals surface area contributed by atoms with Gasteiger partial charge < -0.3 is 15.0 Å². The summed E-state index contributed by atoms with van der Waals surface area (Å²) < 4.78 is 4.91. The van der Waals surface area contributed by atoms with Crippen LogP contribution < -0.4 is 10.9 Å². The number of anilines is 1. The van der Waals surface area contributed by atoms with Crippen LogP contribution in [0.25, 0.3) is 10.2 Å². The molecule has 140 valence electrons. The van der Waals surface area contributed by atoms with E-state index in [1.54, 1.807) is 37.3 Å². The lowest BCUT2D eigenvalue weighted by atomic mass is 10.2. The molecule has 1 aromatic carbocycles. The minimum atomic E-state index is -0.403. The molecule has 0 radical (unpaired) electrons. The van der Waals surface area contributed by atoms with E-state index in [9.17, 15) is 14.4 Å². The summed E-state index contributed by atoms with van der Waals surface area (Å²) >= 11 is 2.60. The number of aromatic amines is 1. The highest BCUT2D eigenvalue weighted by atomic mass is 32.2. The first-order valence-corrected chi connectivity index (χ1v) is 9.96. The zero-order valence-electron chi connectivity index (χ0n) is 14.7. The number of hydrogen-bond donors (Lipinski definition) is 2. The molecule has 0 spiro atoms. The Labute approximate surface area is 163 Å². The van der Waals surface area contributed by atoms with Gasteiger partial charge in [0.15, 0.2) is 5.16 Å². The molecular weight excluding hydrogens is 386 g/mol. The van der Waals surface area contributed by atoms with Crippen molar-refractivity contribution in [2.24, 2.45) is 0 Å². The molecule has 0 aliphatic rings. The second-order valence-corrected chi connectivity index (χ2v) is 7.78. The Kier molecular flexibility index (Phi) is 5.92. The van der Waals surface area contributed by atoms with E-state index in [1.807, 2.05) is 6.92 Å². The summed E-state index contributed by atoms with van der Waals surface area (Å²) in [7, 11) is 0. The van der Waals surface area contributed by atoms with Gasteiger partial charge in [-0.05, 0) is 44.2 Å². The Morgan fingerprint density at radius 3 is 2.74 bits per heavy atom. The first-order valence-electron chi connectivity index (χ1n) is 8.16. The fraction of sp³-hybridized carbons (Fsp3) is 0.222. The monoisotopic (exact) mass is 403 g/mol. The number of H-pyrrole nitrogens is 1. The minimum absolute atomic E-state index is 0.0957. The smallest absolute Gasteiger partial charge is 0.338 e. The number of rotatable bonds is 6. The second kappa shape index (κ2) is 8.36. The number of benzene rings is 1. The van der Waals surface area contributed by atoms with E-state index in [-0.39, 0.29) is 17.2 Å². The van der Waals surface area contributed by atoms with E-state index in [1.165, 1.54) is 11.3 Å². The molecule has 1 amide bonds. The molecule has 0 aliphatic carbocycles. The number of ether oxygens (including phenoxy) is 1. The maximum absolute atomic E-state index is 12.1. The number of aryl methyl sites for hydroxylation is 1. The van der Waals surface area contributed by atoms with Gasteiger partial charge in [-0.25, -0.2) is 9.78 Å². The molecule has 0 unspecified atom stereocenters. The number of thiophene rings is 1. The molecule has 3 aromatic rings. The van der Waals surface area contributed by atoms with E-state index in [4.69, 9.17) is 4.74 Å². The number of thioether (sulfide) groups is 1. The summed E-state index contributed by atoms with van der Waals surface area (Å²) in [6.45, 7) is 3.96. The summed E-state index contributed by atoms with van der Waals surface area (Å²) in [4.78, 5) is 44.5. The van der Waals surface area contributed by atoms with E-state index in [0.717, 1.165) is 16.6 Å². The zero-order valence-corrected chi connectivity index (χ0v) is 16.3. The molecule has 0 saturated heterocycles. The first-order chi connectivity index (χ1) is 13.0. The maximum Gasteiger partial charge on any atom is 0.338 e. The summed E-state index contributed by atoms with van der Waals surface area (Å²) in [6.07, 6.45) is 0. The van der Waals surface area contributed by atoms with Gasteiger partial charge in [0.2, 0.25) is 5.91 Å². The number of aromatic nitrogens is 2. The highest BCUT2D eigenvalue weighted by molar-refractivity contribution is 7.99. The predicted molar refractivity (Wildman–Crippen MR) is 107 cm³/mol. The standard InChI is InChI=1S/C18H17N3O4S2/c1-3-25-17(24)11-4-6-12(7-5-11)19-14(22)9-26-18-20-15(23)13-8-10(2)27-16(13)21-18/h4-8H,3,9H2,1-2H3,(H,19,22)(H,20,21,23). The lowest BCUT2D eigenvalue weighted by Crippen LogP contribution is -2.15. The Hall–Kier alpha value is -2.65. The summed E-state index contributed by atoms with van der Waals surface area (Å²) in [6, 6.07) is 8.25. The van der Waals surface area contributed by atoms with Crippen LogP contribution in [-0.4, -0.2) is 34.2 Å². The van der Waals surface area contributed by atoms with Crippen molar-refractivity contribution in [3.05, 3.63) is 51.1 Å². The molecule has 0 bridgehead atoms. The van der Waals surface area contributed by atoms with E-state index < -0.39 is 5.97 Å². The van der Waals surface area contributed by atoms with Crippen molar-refractivity contribution in [3.63, 3.8) is 0 Å². The molecule has 0 atom stereocenters. The van der Waals surface area contributed by atoms with Crippen molar-refractivity contribution in [1.29, 1.82) is 0 Å². The van der Waals surface area contributed by atoms with E-state index in [0.29, 0.717) is 33.2 Å². The van der Waals surface area contributed by atoms with E-state index >= 15 is 0 Å². The van der Waals surface area contributed by atoms with Crippen molar-refractivity contribution in [2.75, 3.05) is 17.7 Å². The van der Waals surface area contributed by atoms with Gasteiger partial charge in [0.1, 0.15) is 4.83 Å². The van der Waals surface area contributed by atoms with Crippen molar-refractivity contribution in [1.82, 2.24) is 9.97 Å². The lowest BCUT2D eigenvalue weighted by molar-refractivity contribution is -0.113. The normalized spacial score (nSPS) is 10.7. The second-order valence-electron chi connectivity index (χ2n) is 5.58. The first kappa shape index (κ1) is 19.1. The molecule has 2 heterocycles. The van der Waals surface area contributed by atoms with Crippen LogP contribution >= 0.6 is 23.1 Å². The van der Waals surface area contributed by atoms with E-state index in [2.05, 4.69) is 15.3 Å². The highest BCUT2D eigenvalue weighted by Gasteiger charge is 2.11. The third-order valence-corrected chi connectivity index (χ3v) is 5.34. The van der Waals surface area contributed by atoms with Crippen LogP contribution in [0.15, 0.2) is 40.3 Å². The fourth-order valence-electron chi connectivity index (χ4n) is 2.34. The largest absolute Gasteiger partial charge is 0.462 e. The quantitative estimate of drug-likeness (QED) is 0.372. The van der Waals surface area contributed by atoms with Gasteiger partial charge in [-0.1, -0.05) is 11.8 Å². The SMILES string of the molecule is CCOC(=O)c1ccc(NC(=O)CSc2nc3sc(C)cc3c(=O)[nH]2)cc1. The lowest BCUT2D eigenvalue weighted by Gasteiger charge is -2.06. The van der Waals surface area contributed by atoms with Crippen LogP contribution in [0.5, 0.6) is 0 Å². The molecule has 2 N–H and O–H groups in total. The van der Waals surface area contributed by atoms with Gasteiger partial charge in [-0.15, -0.1) is 11.3 Å². The van der Waals surface area contributed by atoms with Gasteiger partial charge >= 0.3 is 5.97 Å². The van der Waals surface area contributed by atoms with Gasteiger partial charge in [0.25, 0.3) is 5.56 Å². The topological polar surface area (TPSA) is 101 Å². The molecule has 3 rings (SSSR count). The van der Waals surface area contributed by atoms with Gasteiger partial charge in [0, 0.05) is 10.6 Å². The van der Waals surface area contributed by atoms with Crippen molar-refractivity contribution in [3.8, 4) is 0 Å². The Morgan fingerprint density at radius 2 is 2.04 bits per heavy atom. The Bertz CT molecular complexity index is 1040. The number of amides is 1. The molecule has 0 saturated carbocycles. The Balaban J connectivity index is 1.60. The van der Waals surface area contributed by atoms with Crippen molar-refractivity contribution in [2.45, 2.75) is 19.0 Å². The third-order valence-electron chi connectivity index (χ3n) is 3.52. The average Bonchev–Trinajstić information content (AvgIpc) is 3.02. The molecule has 7 nitrogen and oxygen atoms in total. The number of carbonyl (C=O) groups excluding carboxylic acids is 2. The minimum Gasteiger partial charge on any atom is -0.462 e. The van der Waals surface area contributed by atoms with Crippen LogP contribution in [0.2, 0.25) is 0 Å². The highest BCUT2D eigenvalue weighted by Crippen LogP contribution is 2.22. The fourth-order valence-corrected chi connectivity index (χ4v) is 3.93. The van der Waals surface area contributed by atoms with Crippen molar-refractivity contribution < 1.29 is 14.3 Å². The molecule has 0 fully saturated rings.